The Hall–Kier alpha value is 0.230. The first kappa shape index (κ1) is 14.2. The van der Waals surface area contributed by atoms with E-state index in [9.17, 15) is 4.55 Å². The highest BCUT2D eigenvalue weighted by atomic mass is 32.2. The highest BCUT2D eigenvalue weighted by Gasteiger charge is 2.25. The lowest BCUT2D eigenvalue weighted by Gasteiger charge is -2.23. The molecular weight excluding hydrogens is 198 g/mol. The van der Waals surface area contributed by atoms with E-state index in [1.54, 1.807) is 0 Å². The maximum absolute atomic E-state index is 11.5. The molecule has 0 aliphatic rings. The van der Waals surface area contributed by atoms with E-state index in [1.165, 1.54) is 0 Å². The first-order valence-corrected chi connectivity index (χ1v) is 6.36. The van der Waals surface area contributed by atoms with Gasteiger partial charge in [-0.15, -0.1) is 4.72 Å². The van der Waals surface area contributed by atoms with Crippen LogP contribution in [0.2, 0.25) is 0 Å². The zero-order valence-electron chi connectivity index (χ0n) is 9.76. The van der Waals surface area contributed by atoms with Gasteiger partial charge in [0.05, 0.1) is 0 Å². The smallest absolute Gasteiger partial charge is 0.136 e. The van der Waals surface area contributed by atoms with Gasteiger partial charge in [-0.25, -0.2) is 0 Å². The average molecular weight is 221 g/mol. The second kappa shape index (κ2) is 7.51. The topological polar surface area (TPSA) is 44.3 Å². The molecule has 0 aromatic rings. The van der Waals surface area contributed by atoms with Crippen molar-refractivity contribution in [3.05, 3.63) is 0 Å². The maximum atomic E-state index is 11.5. The Bertz CT molecular complexity index is 137. The van der Waals surface area contributed by atoms with Crippen LogP contribution in [0.4, 0.5) is 0 Å². The zero-order chi connectivity index (χ0) is 11.0. The third-order valence-corrected chi connectivity index (χ3v) is 3.18. The van der Waals surface area contributed by atoms with Crippen molar-refractivity contribution < 1.29 is 9.29 Å². The molecule has 1 unspecified atom stereocenters. The van der Waals surface area contributed by atoms with Crippen LogP contribution < -0.4 is 4.72 Å². The molecule has 0 radical (unpaired) electrons. The van der Waals surface area contributed by atoms with Crippen molar-refractivity contribution in [2.75, 3.05) is 19.8 Å². The number of nitrogens with one attached hydrogen (secondary N) is 1. The molecule has 14 heavy (non-hydrogen) atoms. The lowest BCUT2D eigenvalue weighted by Crippen LogP contribution is -2.39. The molecule has 0 aromatic heterocycles. The van der Waals surface area contributed by atoms with E-state index < -0.39 is 11.4 Å². The van der Waals surface area contributed by atoms with Crippen molar-refractivity contribution in [1.29, 1.82) is 0 Å². The molecular formula is C10H23NO2S. The standard InChI is InChI=1S/C10H23NO2S/c1-5-8-13-9-6-7-11-14(12)10(2,3)4/h11H,5-9H2,1-4H3. The molecule has 0 heterocycles. The van der Waals surface area contributed by atoms with Crippen molar-refractivity contribution in [3.63, 3.8) is 0 Å². The van der Waals surface area contributed by atoms with Crippen molar-refractivity contribution in [2.24, 2.45) is 0 Å². The molecule has 0 aliphatic carbocycles. The molecule has 4 heteroatoms. The number of ether oxygens (including phenoxy) is 1. The van der Waals surface area contributed by atoms with Crippen LogP contribution in [0.1, 0.15) is 40.5 Å². The Morgan fingerprint density at radius 3 is 2.43 bits per heavy atom. The van der Waals surface area contributed by atoms with Gasteiger partial charge >= 0.3 is 0 Å². The van der Waals surface area contributed by atoms with Crippen LogP contribution in [0.5, 0.6) is 0 Å². The van der Waals surface area contributed by atoms with Crippen LogP contribution in [-0.4, -0.2) is 29.1 Å². The summed E-state index contributed by atoms with van der Waals surface area (Å²) in [5.74, 6) is 0. The fourth-order valence-electron chi connectivity index (χ4n) is 0.802. The minimum atomic E-state index is -0.950. The molecule has 0 aromatic carbocycles. The quantitative estimate of drug-likeness (QED) is 0.527. The zero-order valence-corrected chi connectivity index (χ0v) is 10.6. The van der Waals surface area contributed by atoms with Crippen molar-refractivity contribution in [2.45, 2.75) is 45.3 Å². The summed E-state index contributed by atoms with van der Waals surface area (Å²) in [6.45, 7) is 10.3. The molecule has 0 amide bonds. The van der Waals surface area contributed by atoms with E-state index in [2.05, 4.69) is 11.6 Å². The molecule has 0 saturated carbocycles. The Morgan fingerprint density at radius 1 is 1.29 bits per heavy atom. The van der Waals surface area contributed by atoms with Gasteiger partial charge in [-0.05, 0) is 33.6 Å². The highest BCUT2D eigenvalue weighted by Crippen LogP contribution is 2.12. The first-order chi connectivity index (χ1) is 6.48. The molecule has 3 nitrogen and oxygen atoms in total. The molecule has 86 valence electrons. The summed E-state index contributed by atoms with van der Waals surface area (Å²) in [5, 5.41) is 0. The summed E-state index contributed by atoms with van der Waals surface area (Å²) >= 11 is -0.950. The van der Waals surface area contributed by atoms with Crippen LogP contribution >= 0.6 is 0 Å². The fraction of sp³-hybridized carbons (Fsp3) is 1.00. The normalized spacial score (nSPS) is 14.4. The van der Waals surface area contributed by atoms with Gasteiger partial charge in [-0.1, -0.05) is 6.92 Å². The van der Waals surface area contributed by atoms with Gasteiger partial charge in [-0.2, -0.15) is 0 Å². The highest BCUT2D eigenvalue weighted by molar-refractivity contribution is 7.90. The number of rotatable bonds is 7. The molecule has 0 spiro atoms. The van der Waals surface area contributed by atoms with Crippen molar-refractivity contribution in [3.8, 4) is 0 Å². The van der Waals surface area contributed by atoms with Crippen LogP contribution in [0.3, 0.4) is 0 Å². The number of hydrogen-bond donors (Lipinski definition) is 1. The van der Waals surface area contributed by atoms with Crippen LogP contribution in [0, 0.1) is 0 Å². The SMILES string of the molecule is CCCOCCCN[S+]([O-])C(C)(C)C. The largest absolute Gasteiger partial charge is 0.598 e. The summed E-state index contributed by atoms with van der Waals surface area (Å²) < 4.78 is 19.6. The molecule has 0 bridgehead atoms. The van der Waals surface area contributed by atoms with Crippen LogP contribution in [-0.2, 0) is 16.1 Å². The molecule has 1 N–H and O–H groups in total. The van der Waals surface area contributed by atoms with E-state index in [4.69, 9.17) is 4.74 Å². The van der Waals surface area contributed by atoms with E-state index in [1.807, 2.05) is 20.8 Å². The molecule has 0 saturated heterocycles. The lowest BCUT2D eigenvalue weighted by atomic mass is 10.3. The summed E-state index contributed by atoms with van der Waals surface area (Å²) in [4.78, 5) is 0. The second-order valence-electron chi connectivity index (χ2n) is 4.24. The van der Waals surface area contributed by atoms with Crippen LogP contribution in [0.25, 0.3) is 0 Å². The van der Waals surface area contributed by atoms with Crippen LogP contribution in [0.15, 0.2) is 0 Å². The van der Waals surface area contributed by atoms with Gasteiger partial charge in [0.1, 0.15) is 4.75 Å². The fourth-order valence-corrected chi connectivity index (χ4v) is 1.56. The molecule has 1 atom stereocenters. The van der Waals surface area contributed by atoms with E-state index >= 15 is 0 Å². The van der Waals surface area contributed by atoms with Gasteiger partial charge in [0, 0.05) is 31.1 Å². The van der Waals surface area contributed by atoms with Gasteiger partial charge in [0.15, 0.2) is 0 Å². The Morgan fingerprint density at radius 2 is 1.93 bits per heavy atom. The summed E-state index contributed by atoms with van der Waals surface area (Å²) in [6.07, 6.45) is 1.98. The van der Waals surface area contributed by atoms with Gasteiger partial charge in [0.2, 0.25) is 0 Å². The minimum Gasteiger partial charge on any atom is -0.598 e. The van der Waals surface area contributed by atoms with E-state index in [-0.39, 0.29) is 4.75 Å². The third kappa shape index (κ3) is 7.62. The van der Waals surface area contributed by atoms with Crippen molar-refractivity contribution in [1.82, 2.24) is 4.72 Å². The summed E-state index contributed by atoms with van der Waals surface area (Å²) in [5.41, 5.74) is 0. The summed E-state index contributed by atoms with van der Waals surface area (Å²) in [7, 11) is 0. The average Bonchev–Trinajstić information content (AvgIpc) is 2.09. The molecule has 0 rings (SSSR count). The minimum absolute atomic E-state index is 0.176. The van der Waals surface area contributed by atoms with Gasteiger partial charge in [-0.3, -0.25) is 0 Å². The molecule has 0 aliphatic heterocycles. The lowest BCUT2D eigenvalue weighted by molar-refractivity contribution is 0.133. The van der Waals surface area contributed by atoms with E-state index in [0.29, 0.717) is 0 Å². The Balaban J connectivity index is 3.28. The summed E-state index contributed by atoms with van der Waals surface area (Å²) in [6, 6.07) is 0. The maximum Gasteiger partial charge on any atom is 0.136 e. The Kier molecular flexibility index (Phi) is 7.64. The molecule has 0 fully saturated rings. The van der Waals surface area contributed by atoms with E-state index in [0.717, 1.165) is 32.6 Å². The predicted molar refractivity (Wildman–Crippen MR) is 61.6 cm³/mol. The Labute approximate surface area is 90.9 Å². The monoisotopic (exact) mass is 221 g/mol. The van der Waals surface area contributed by atoms with Crippen molar-refractivity contribution >= 4 is 11.4 Å². The predicted octanol–water partition coefficient (Wildman–Crippen LogP) is 1.85. The number of hydrogen-bond acceptors (Lipinski definition) is 3. The second-order valence-corrected chi connectivity index (χ2v) is 6.29. The third-order valence-electron chi connectivity index (χ3n) is 1.60. The van der Waals surface area contributed by atoms with Gasteiger partial charge < -0.3 is 9.29 Å². The first-order valence-electron chi connectivity index (χ1n) is 5.21. The van der Waals surface area contributed by atoms with Gasteiger partial charge in [0.25, 0.3) is 0 Å².